The van der Waals surface area contributed by atoms with Crippen LogP contribution < -0.4 is 20.7 Å². The van der Waals surface area contributed by atoms with Crippen molar-refractivity contribution in [2.45, 2.75) is 18.4 Å². The second-order valence-corrected chi connectivity index (χ2v) is 10.2. The minimum Gasteiger partial charge on any atom is -0.497 e. The molecule has 0 bridgehead atoms. The largest absolute Gasteiger partial charge is 0.497 e. The SMILES string of the molecule is COc1ccc(C(=O)NCCCN(C)C)c(NC2(Cc3cccc(Cl)c3)C(=O)Nc3cc(Cl)ccc32)c1. The van der Waals surface area contributed by atoms with E-state index in [4.69, 9.17) is 27.9 Å². The predicted molar refractivity (Wildman–Crippen MR) is 149 cm³/mol. The molecule has 0 fully saturated rings. The van der Waals surface area contributed by atoms with E-state index in [1.807, 2.05) is 38.4 Å². The monoisotopic (exact) mass is 540 g/mol. The molecule has 1 atom stereocenters. The van der Waals surface area contributed by atoms with Gasteiger partial charge in [0.15, 0.2) is 0 Å². The first-order chi connectivity index (χ1) is 17.7. The third kappa shape index (κ3) is 6.01. The second-order valence-electron chi connectivity index (χ2n) is 9.31. The fourth-order valence-electron chi connectivity index (χ4n) is 4.51. The van der Waals surface area contributed by atoms with Gasteiger partial charge >= 0.3 is 0 Å². The van der Waals surface area contributed by atoms with Crippen molar-refractivity contribution < 1.29 is 14.3 Å². The smallest absolute Gasteiger partial charge is 0.255 e. The molecule has 4 rings (SSSR count). The van der Waals surface area contributed by atoms with Crippen LogP contribution >= 0.6 is 23.2 Å². The Kier molecular flexibility index (Phi) is 8.27. The molecule has 3 aromatic carbocycles. The van der Waals surface area contributed by atoms with E-state index in [0.717, 1.165) is 24.1 Å². The molecule has 1 heterocycles. The molecule has 194 valence electrons. The van der Waals surface area contributed by atoms with Crippen LogP contribution in [0.25, 0.3) is 0 Å². The minimum absolute atomic E-state index is 0.239. The first kappa shape index (κ1) is 26.8. The zero-order valence-electron chi connectivity index (χ0n) is 21.0. The van der Waals surface area contributed by atoms with Crippen LogP contribution in [-0.4, -0.2) is 51.0 Å². The molecular formula is C28H30Cl2N4O3. The summed E-state index contributed by atoms with van der Waals surface area (Å²) in [6.45, 7) is 1.38. The van der Waals surface area contributed by atoms with E-state index in [-0.39, 0.29) is 18.2 Å². The molecular weight excluding hydrogens is 511 g/mol. The lowest BCUT2D eigenvalue weighted by molar-refractivity contribution is -0.119. The topological polar surface area (TPSA) is 82.7 Å². The van der Waals surface area contributed by atoms with Crippen molar-refractivity contribution >= 4 is 46.4 Å². The summed E-state index contributed by atoms with van der Waals surface area (Å²) < 4.78 is 5.45. The fourth-order valence-corrected chi connectivity index (χ4v) is 4.90. The van der Waals surface area contributed by atoms with Gasteiger partial charge in [-0.1, -0.05) is 41.4 Å². The molecule has 0 aliphatic carbocycles. The number of nitrogens with one attached hydrogen (secondary N) is 3. The maximum Gasteiger partial charge on any atom is 0.255 e. The Morgan fingerprint density at radius 2 is 1.84 bits per heavy atom. The third-order valence-electron chi connectivity index (χ3n) is 6.32. The number of nitrogens with zero attached hydrogens (tertiary/aromatic N) is 1. The maximum atomic E-state index is 13.7. The van der Waals surface area contributed by atoms with Gasteiger partial charge in [0.25, 0.3) is 11.8 Å². The second kappa shape index (κ2) is 11.4. The van der Waals surface area contributed by atoms with Crippen LogP contribution in [0, 0.1) is 0 Å². The van der Waals surface area contributed by atoms with Gasteiger partial charge < -0.3 is 25.6 Å². The van der Waals surface area contributed by atoms with Crippen LogP contribution in [-0.2, 0) is 16.8 Å². The number of methoxy groups -OCH3 is 1. The summed E-state index contributed by atoms with van der Waals surface area (Å²) in [6.07, 6.45) is 1.10. The van der Waals surface area contributed by atoms with E-state index in [0.29, 0.717) is 39.3 Å². The molecule has 0 spiro atoms. The van der Waals surface area contributed by atoms with Crippen LogP contribution in [0.3, 0.4) is 0 Å². The van der Waals surface area contributed by atoms with Crippen LogP contribution in [0.15, 0.2) is 60.7 Å². The Balaban J connectivity index is 1.75. The van der Waals surface area contributed by atoms with Crippen LogP contribution in [0.5, 0.6) is 5.75 Å². The normalized spacial score (nSPS) is 16.3. The van der Waals surface area contributed by atoms with Gasteiger partial charge in [-0.15, -0.1) is 0 Å². The first-order valence-electron chi connectivity index (χ1n) is 12.0. The highest BCUT2D eigenvalue weighted by Crippen LogP contribution is 2.43. The molecule has 0 radical (unpaired) electrons. The number of amides is 2. The molecule has 2 amide bonds. The number of carbonyl (C=O) groups is 2. The molecule has 3 N–H and O–H groups in total. The molecule has 1 unspecified atom stereocenters. The number of ether oxygens (including phenoxy) is 1. The first-order valence-corrected chi connectivity index (χ1v) is 12.7. The van der Waals surface area contributed by atoms with Gasteiger partial charge in [-0.3, -0.25) is 9.59 Å². The van der Waals surface area contributed by atoms with Crippen LogP contribution in [0.1, 0.15) is 27.9 Å². The van der Waals surface area contributed by atoms with E-state index in [2.05, 4.69) is 20.9 Å². The van der Waals surface area contributed by atoms with Crippen molar-refractivity contribution in [3.63, 3.8) is 0 Å². The highest BCUT2D eigenvalue weighted by Gasteiger charge is 2.47. The van der Waals surface area contributed by atoms with Gasteiger partial charge in [0.2, 0.25) is 0 Å². The highest BCUT2D eigenvalue weighted by molar-refractivity contribution is 6.31. The summed E-state index contributed by atoms with van der Waals surface area (Å²) in [6, 6.07) is 17.8. The quantitative estimate of drug-likeness (QED) is 0.308. The van der Waals surface area contributed by atoms with E-state index in [1.54, 1.807) is 43.5 Å². The van der Waals surface area contributed by atoms with Crippen molar-refractivity contribution in [3.8, 4) is 5.75 Å². The van der Waals surface area contributed by atoms with E-state index in [1.165, 1.54) is 0 Å². The number of halogens is 2. The summed E-state index contributed by atoms with van der Waals surface area (Å²) in [7, 11) is 5.54. The van der Waals surface area contributed by atoms with E-state index in [9.17, 15) is 9.59 Å². The molecule has 9 heteroatoms. The van der Waals surface area contributed by atoms with Crippen LogP contribution in [0.2, 0.25) is 10.0 Å². The molecule has 7 nitrogen and oxygen atoms in total. The summed E-state index contributed by atoms with van der Waals surface area (Å²) in [5.74, 6) is 0.0563. The van der Waals surface area contributed by atoms with Crippen molar-refractivity contribution in [1.82, 2.24) is 10.2 Å². The Morgan fingerprint density at radius 3 is 2.57 bits per heavy atom. The van der Waals surface area contributed by atoms with Gasteiger partial charge in [0, 0.05) is 40.3 Å². The Bertz CT molecular complexity index is 1310. The zero-order chi connectivity index (χ0) is 26.6. The number of benzene rings is 3. The van der Waals surface area contributed by atoms with E-state index < -0.39 is 5.54 Å². The third-order valence-corrected chi connectivity index (χ3v) is 6.79. The van der Waals surface area contributed by atoms with Gasteiger partial charge in [-0.25, -0.2) is 0 Å². The average Bonchev–Trinajstić information content (AvgIpc) is 3.11. The summed E-state index contributed by atoms with van der Waals surface area (Å²) >= 11 is 12.5. The lowest BCUT2D eigenvalue weighted by atomic mass is 9.84. The molecule has 0 saturated carbocycles. The number of anilines is 2. The van der Waals surface area contributed by atoms with Gasteiger partial charge in [0.05, 0.1) is 18.4 Å². The number of hydrogen-bond donors (Lipinski definition) is 3. The summed E-state index contributed by atoms with van der Waals surface area (Å²) in [4.78, 5) is 29.0. The van der Waals surface area contributed by atoms with Crippen molar-refractivity contribution in [3.05, 3.63) is 87.4 Å². The molecule has 0 saturated heterocycles. The lowest BCUT2D eigenvalue weighted by Gasteiger charge is -2.31. The van der Waals surface area contributed by atoms with Crippen LogP contribution in [0.4, 0.5) is 11.4 Å². The molecule has 1 aliphatic rings. The van der Waals surface area contributed by atoms with Gasteiger partial charge in [-0.05, 0) is 69.0 Å². The number of rotatable bonds is 10. The van der Waals surface area contributed by atoms with Crippen molar-refractivity contribution in [1.29, 1.82) is 0 Å². The molecule has 0 aromatic heterocycles. The Hall–Kier alpha value is -3.26. The van der Waals surface area contributed by atoms with Gasteiger partial charge in [0.1, 0.15) is 11.3 Å². The van der Waals surface area contributed by atoms with Gasteiger partial charge in [-0.2, -0.15) is 0 Å². The lowest BCUT2D eigenvalue weighted by Crippen LogP contribution is -2.44. The molecule has 1 aliphatic heterocycles. The Labute approximate surface area is 227 Å². The predicted octanol–water partition coefficient (Wildman–Crippen LogP) is 5.19. The molecule has 37 heavy (non-hydrogen) atoms. The standard InChI is InChI=1S/C28H30Cl2N4O3/c1-34(2)13-5-12-31-26(35)22-10-9-21(37-3)16-24(22)33-28(17-18-6-4-7-19(29)14-18)23-11-8-20(30)15-25(23)32-27(28)36/h4,6-11,14-16,33H,5,12-13,17H2,1-3H3,(H,31,35)(H,32,36). The maximum absolute atomic E-state index is 13.7. The average molecular weight is 541 g/mol. The summed E-state index contributed by atoms with van der Waals surface area (Å²) in [5.41, 5.74) is 1.86. The number of carbonyl (C=O) groups excluding carboxylic acids is 2. The summed E-state index contributed by atoms with van der Waals surface area (Å²) in [5, 5.41) is 10.5. The molecule has 3 aromatic rings. The Morgan fingerprint density at radius 1 is 1.05 bits per heavy atom. The highest BCUT2D eigenvalue weighted by atomic mass is 35.5. The number of fused-ring (bicyclic) bond motifs is 1. The number of hydrogen-bond acceptors (Lipinski definition) is 5. The van der Waals surface area contributed by atoms with Crippen molar-refractivity contribution in [2.75, 3.05) is 44.9 Å². The van der Waals surface area contributed by atoms with Crippen molar-refractivity contribution in [2.24, 2.45) is 0 Å². The van der Waals surface area contributed by atoms with E-state index >= 15 is 0 Å². The zero-order valence-corrected chi connectivity index (χ0v) is 22.5. The minimum atomic E-state index is -1.23. The fraction of sp³-hybridized carbons (Fsp3) is 0.286.